The maximum absolute atomic E-state index is 12.9. The normalized spacial score (nSPS) is 31.0. The molecular weight excluding hydrogens is 300 g/mol. The molecule has 1 aromatic rings. The van der Waals surface area contributed by atoms with Gasteiger partial charge in [0.1, 0.15) is 0 Å². The third-order valence-electron chi connectivity index (χ3n) is 5.79. The van der Waals surface area contributed by atoms with Crippen molar-refractivity contribution < 1.29 is 9.53 Å². The molecule has 24 heavy (non-hydrogen) atoms. The predicted molar refractivity (Wildman–Crippen MR) is 93.9 cm³/mol. The second-order valence-corrected chi connectivity index (χ2v) is 7.56. The molecule has 1 saturated carbocycles. The predicted octanol–water partition coefficient (Wildman–Crippen LogP) is 2.36. The van der Waals surface area contributed by atoms with Gasteiger partial charge in [-0.25, -0.2) is 0 Å². The van der Waals surface area contributed by atoms with Crippen LogP contribution in [0.1, 0.15) is 30.7 Å². The third kappa shape index (κ3) is 3.65. The van der Waals surface area contributed by atoms with Crippen molar-refractivity contribution in [3.8, 4) is 0 Å². The molecule has 1 amide bonds. The van der Waals surface area contributed by atoms with Crippen LogP contribution in [0.25, 0.3) is 0 Å². The molecule has 1 aromatic carbocycles. The van der Waals surface area contributed by atoms with Crippen LogP contribution in [0, 0.1) is 11.8 Å². The Morgan fingerprint density at radius 3 is 2.71 bits per heavy atom. The van der Waals surface area contributed by atoms with Gasteiger partial charge in [-0.2, -0.15) is 0 Å². The highest BCUT2D eigenvalue weighted by Gasteiger charge is 2.46. The summed E-state index contributed by atoms with van der Waals surface area (Å²) in [5.41, 5.74) is 1.33. The van der Waals surface area contributed by atoms with Crippen LogP contribution in [-0.4, -0.2) is 61.6 Å². The number of carbonyl (C=O) groups excluding carboxylic acids is 1. The monoisotopic (exact) mass is 328 g/mol. The molecule has 0 radical (unpaired) electrons. The SMILES string of the molecule is O=C([C@@H]1C[C@@H]1c1ccccc1)N1CCC[C@@H](CN2CCOCC2)C1. The van der Waals surface area contributed by atoms with Crippen molar-refractivity contribution in [2.45, 2.75) is 25.2 Å². The Balaban J connectivity index is 1.30. The molecule has 3 fully saturated rings. The number of hydrogen-bond donors (Lipinski definition) is 0. The van der Waals surface area contributed by atoms with Crippen molar-refractivity contribution in [2.24, 2.45) is 11.8 Å². The maximum atomic E-state index is 12.9. The van der Waals surface area contributed by atoms with Gasteiger partial charge in [-0.15, -0.1) is 0 Å². The summed E-state index contributed by atoms with van der Waals surface area (Å²) in [4.78, 5) is 17.5. The van der Waals surface area contributed by atoms with Crippen LogP contribution >= 0.6 is 0 Å². The fourth-order valence-electron chi connectivity index (χ4n) is 4.33. The van der Waals surface area contributed by atoms with Crippen molar-refractivity contribution in [3.05, 3.63) is 35.9 Å². The third-order valence-corrected chi connectivity index (χ3v) is 5.79. The van der Waals surface area contributed by atoms with Crippen molar-refractivity contribution in [1.82, 2.24) is 9.80 Å². The number of benzene rings is 1. The summed E-state index contributed by atoms with van der Waals surface area (Å²) < 4.78 is 5.44. The van der Waals surface area contributed by atoms with Gasteiger partial charge >= 0.3 is 0 Å². The summed E-state index contributed by atoms with van der Waals surface area (Å²) in [6, 6.07) is 10.5. The Bertz CT molecular complexity index is 556. The molecule has 4 nitrogen and oxygen atoms in total. The number of ether oxygens (including phenoxy) is 1. The summed E-state index contributed by atoms with van der Waals surface area (Å²) in [5, 5.41) is 0. The molecule has 0 unspecified atom stereocenters. The van der Waals surface area contributed by atoms with Gasteiger partial charge in [0.05, 0.1) is 13.2 Å². The largest absolute Gasteiger partial charge is 0.379 e. The molecule has 4 rings (SSSR count). The van der Waals surface area contributed by atoms with Gasteiger partial charge in [0.25, 0.3) is 0 Å². The van der Waals surface area contributed by atoms with Crippen molar-refractivity contribution in [3.63, 3.8) is 0 Å². The van der Waals surface area contributed by atoms with E-state index in [1.807, 2.05) is 6.07 Å². The molecule has 3 atom stereocenters. The number of carbonyl (C=O) groups is 1. The van der Waals surface area contributed by atoms with Crippen LogP contribution in [0.15, 0.2) is 30.3 Å². The van der Waals surface area contributed by atoms with Crippen LogP contribution < -0.4 is 0 Å². The lowest BCUT2D eigenvalue weighted by atomic mass is 9.96. The Hall–Kier alpha value is -1.39. The van der Waals surface area contributed by atoms with Crippen LogP contribution in [0.2, 0.25) is 0 Å². The lowest BCUT2D eigenvalue weighted by Crippen LogP contribution is -2.46. The number of piperidine rings is 1. The van der Waals surface area contributed by atoms with E-state index in [0.29, 0.717) is 17.7 Å². The number of nitrogens with zero attached hydrogens (tertiary/aromatic N) is 2. The highest BCUT2D eigenvalue weighted by Crippen LogP contribution is 2.48. The van der Waals surface area contributed by atoms with Crippen LogP contribution in [0.5, 0.6) is 0 Å². The number of rotatable bonds is 4. The first-order valence-corrected chi connectivity index (χ1v) is 9.45. The van der Waals surface area contributed by atoms with E-state index < -0.39 is 0 Å². The maximum Gasteiger partial charge on any atom is 0.226 e. The van der Waals surface area contributed by atoms with E-state index in [4.69, 9.17) is 4.74 Å². The fraction of sp³-hybridized carbons (Fsp3) is 0.650. The number of morpholine rings is 1. The van der Waals surface area contributed by atoms with E-state index in [9.17, 15) is 4.79 Å². The zero-order chi connectivity index (χ0) is 16.4. The Kier molecular flexibility index (Phi) is 4.86. The summed E-state index contributed by atoms with van der Waals surface area (Å²) in [7, 11) is 0. The molecule has 0 aromatic heterocycles. The van der Waals surface area contributed by atoms with Crippen molar-refractivity contribution >= 4 is 5.91 Å². The summed E-state index contributed by atoms with van der Waals surface area (Å²) in [6.07, 6.45) is 3.45. The lowest BCUT2D eigenvalue weighted by molar-refractivity contribution is -0.134. The average molecular weight is 328 g/mol. The van der Waals surface area contributed by atoms with E-state index in [-0.39, 0.29) is 5.92 Å². The molecule has 2 aliphatic heterocycles. The van der Waals surface area contributed by atoms with E-state index in [1.165, 1.54) is 12.0 Å². The Labute approximate surface area is 144 Å². The molecule has 0 N–H and O–H groups in total. The van der Waals surface area contributed by atoms with E-state index in [1.54, 1.807) is 0 Å². The van der Waals surface area contributed by atoms with Crippen LogP contribution in [-0.2, 0) is 9.53 Å². The first kappa shape index (κ1) is 16.1. The lowest BCUT2D eigenvalue weighted by Gasteiger charge is -2.37. The van der Waals surface area contributed by atoms with Crippen molar-refractivity contribution in [2.75, 3.05) is 45.9 Å². The van der Waals surface area contributed by atoms with E-state index in [0.717, 1.165) is 58.8 Å². The van der Waals surface area contributed by atoms with Crippen LogP contribution in [0.3, 0.4) is 0 Å². The molecule has 2 heterocycles. The minimum atomic E-state index is 0.231. The highest BCUT2D eigenvalue weighted by molar-refractivity contribution is 5.83. The summed E-state index contributed by atoms with van der Waals surface area (Å²) in [5.74, 6) is 1.72. The number of likely N-dealkylation sites (tertiary alicyclic amines) is 1. The quantitative estimate of drug-likeness (QED) is 0.851. The fourth-order valence-corrected chi connectivity index (χ4v) is 4.33. The molecule has 0 bridgehead atoms. The van der Waals surface area contributed by atoms with Gasteiger partial charge in [0.15, 0.2) is 0 Å². The van der Waals surface area contributed by atoms with Gasteiger partial charge in [0.2, 0.25) is 5.91 Å². The second kappa shape index (κ2) is 7.24. The zero-order valence-corrected chi connectivity index (χ0v) is 14.4. The minimum absolute atomic E-state index is 0.231. The zero-order valence-electron chi connectivity index (χ0n) is 14.4. The van der Waals surface area contributed by atoms with Gasteiger partial charge in [-0.1, -0.05) is 30.3 Å². The average Bonchev–Trinajstić information content (AvgIpc) is 3.44. The molecule has 4 heteroatoms. The van der Waals surface area contributed by atoms with Gasteiger partial charge in [-0.05, 0) is 36.7 Å². The Morgan fingerprint density at radius 2 is 1.92 bits per heavy atom. The molecule has 1 aliphatic carbocycles. The van der Waals surface area contributed by atoms with Gasteiger partial charge < -0.3 is 9.64 Å². The summed E-state index contributed by atoms with van der Waals surface area (Å²) >= 11 is 0. The molecular formula is C20H28N2O2. The smallest absolute Gasteiger partial charge is 0.226 e. The first-order valence-electron chi connectivity index (χ1n) is 9.45. The topological polar surface area (TPSA) is 32.8 Å². The number of amides is 1. The summed E-state index contributed by atoms with van der Waals surface area (Å²) in [6.45, 7) is 6.84. The first-order chi connectivity index (χ1) is 11.8. The van der Waals surface area contributed by atoms with Gasteiger partial charge in [-0.3, -0.25) is 9.69 Å². The standard InChI is InChI=1S/C20H28N2O2/c23-20(19-13-18(19)17-6-2-1-3-7-17)22-8-4-5-16(15-22)14-21-9-11-24-12-10-21/h1-3,6-7,16,18-19H,4-5,8-15H2/t16-,18+,19+/m0/s1. The Morgan fingerprint density at radius 1 is 1.12 bits per heavy atom. The second-order valence-electron chi connectivity index (χ2n) is 7.56. The number of hydrogen-bond acceptors (Lipinski definition) is 3. The highest BCUT2D eigenvalue weighted by atomic mass is 16.5. The van der Waals surface area contributed by atoms with Crippen molar-refractivity contribution in [1.29, 1.82) is 0 Å². The molecule has 2 saturated heterocycles. The van der Waals surface area contributed by atoms with E-state index in [2.05, 4.69) is 34.1 Å². The molecule has 3 aliphatic rings. The molecule has 0 spiro atoms. The van der Waals surface area contributed by atoms with Crippen LogP contribution in [0.4, 0.5) is 0 Å². The molecule has 130 valence electrons. The minimum Gasteiger partial charge on any atom is -0.379 e. The van der Waals surface area contributed by atoms with E-state index >= 15 is 0 Å². The van der Waals surface area contributed by atoms with Gasteiger partial charge in [0, 0.05) is 38.6 Å².